The van der Waals surface area contributed by atoms with E-state index < -0.39 is 10.8 Å². The van der Waals surface area contributed by atoms with Crippen LogP contribution in [0.4, 0.5) is 0 Å². The Morgan fingerprint density at radius 3 is 1.23 bits per heavy atom. The Balaban J connectivity index is 0.928. The van der Waals surface area contributed by atoms with Crippen molar-refractivity contribution in [3.8, 4) is 46.7 Å². The predicted octanol–water partition coefficient (Wildman–Crippen LogP) is 14.0. The Labute approximate surface area is 414 Å². The van der Waals surface area contributed by atoms with Crippen molar-refractivity contribution in [2.75, 3.05) is 13.2 Å². The Kier molecular flexibility index (Phi) is 11.1. The van der Waals surface area contributed by atoms with E-state index in [-0.39, 0.29) is 0 Å². The molecule has 10 aromatic rings. The Morgan fingerprint density at radius 2 is 0.775 bits per heavy atom. The first-order valence-corrected chi connectivity index (χ1v) is 24.1. The molecule has 0 saturated heterocycles. The second kappa shape index (κ2) is 18.2. The number of hydrogen-bond donors (Lipinski definition) is 0. The van der Waals surface area contributed by atoms with Gasteiger partial charge in [0.25, 0.3) is 0 Å². The van der Waals surface area contributed by atoms with Crippen LogP contribution in [0.5, 0.6) is 23.0 Å². The van der Waals surface area contributed by atoms with E-state index in [1.165, 1.54) is 55.6 Å². The summed E-state index contributed by atoms with van der Waals surface area (Å²) in [5.74, 6) is 14.9. The maximum absolute atomic E-state index is 6.77. The van der Waals surface area contributed by atoms with Crippen LogP contribution in [0.1, 0.15) is 80.6 Å². The van der Waals surface area contributed by atoms with Gasteiger partial charge in [-0.2, -0.15) is 0 Å². The van der Waals surface area contributed by atoms with Gasteiger partial charge in [-0.25, -0.2) is 0 Å². The standard InChI is InChI=1S/C66H48N2O3/c1-3-5-35-69-59-25-17-45-39-55(19-15-47(45)41-59)65(61-13-9-7-11-49(61)37-51-43-67-33-31-63(51)65)53-21-27-57(28-22-53)71-58-29-23-54(24-30-58)66(62-14-10-8-12-50(62)38-52-44-68-34-32-64(52)66)56-20-16-48-42-60(70-36-6-4-2)26-18-46(48)40-56/h7-34,39-44H,35-38H2,1-2H3. The first kappa shape index (κ1) is 43.4. The fraction of sp³-hybridized carbons (Fsp3) is 0.121. The SMILES string of the molecule is CC#CCOc1ccc2cc(C3(c4ccc(Oc5ccc(C6(c7ccc8cc(OCC#CC)ccc8c7)c7ccccc7Cc7cnccc76)cc5)cc4)c4ccccc4Cc4cnccc43)ccc2c1. The molecule has 8 aromatic carbocycles. The Bertz CT molecular complexity index is 3450. The van der Waals surface area contributed by atoms with Gasteiger partial charge in [0.05, 0.1) is 10.8 Å². The largest absolute Gasteiger partial charge is 0.481 e. The van der Waals surface area contributed by atoms with E-state index in [1.54, 1.807) is 0 Å². The monoisotopic (exact) mass is 916 g/mol. The third-order valence-corrected chi connectivity index (χ3v) is 14.5. The third kappa shape index (κ3) is 7.46. The van der Waals surface area contributed by atoms with Crippen molar-refractivity contribution in [2.45, 2.75) is 37.5 Å². The molecule has 2 aliphatic rings. The molecule has 2 aliphatic carbocycles. The lowest BCUT2D eigenvalue weighted by molar-refractivity contribution is 0.370. The molecule has 0 spiro atoms. The van der Waals surface area contributed by atoms with Gasteiger partial charge in [0.2, 0.25) is 0 Å². The van der Waals surface area contributed by atoms with Crippen LogP contribution < -0.4 is 14.2 Å². The quantitative estimate of drug-likeness (QED) is 0.128. The molecule has 0 fully saturated rings. The summed E-state index contributed by atoms with van der Waals surface area (Å²) in [4.78, 5) is 9.25. The average molecular weight is 917 g/mol. The minimum atomic E-state index is -0.619. The number of ether oxygens (including phenoxy) is 3. The third-order valence-electron chi connectivity index (χ3n) is 14.5. The maximum atomic E-state index is 6.77. The highest BCUT2D eigenvalue weighted by molar-refractivity contribution is 5.87. The van der Waals surface area contributed by atoms with Gasteiger partial charge in [-0.15, -0.1) is 11.8 Å². The topological polar surface area (TPSA) is 53.5 Å². The van der Waals surface area contributed by atoms with E-state index in [2.05, 4.69) is 204 Å². The smallest absolute Gasteiger partial charge is 0.149 e. The van der Waals surface area contributed by atoms with E-state index in [9.17, 15) is 0 Å². The maximum Gasteiger partial charge on any atom is 0.149 e. The van der Waals surface area contributed by atoms with Crippen LogP contribution in [0, 0.1) is 23.7 Å². The highest BCUT2D eigenvalue weighted by Gasteiger charge is 2.45. The van der Waals surface area contributed by atoms with Gasteiger partial charge in [0.15, 0.2) is 0 Å². The van der Waals surface area contributed by atoms with Crippen LogP contribution >= 0.6 is 0 Å². The van der Waals surface area contributed by atoms with Crippen LogP contribution in [0.3, 0.4) is 0 Å². The summed E-state index contributed by atoms with van der Waals surface area (Å²) in [5, 5.41) is 4.48. The molecular formula is C66H48N2O3. The summed E-state index contributed by atoms with van der Waals surface area (Å²) >= 11 is 0. The van der Waals surface area contributed by atoms with Crippen LogP contribution in [0.25, 0.3) is 21.5 Å². The molecule has 0 aliphatic heterocycles. The second-order valence-electron chi connectivity index (χ2n) is 18.3. The molecule has 0 radical (unpaired) electrons. The summed E-state index contributed by atoms with van der Waals surface area (Å²) in [7, 11) is 0. The summed E-state index contributed by atoms with van der Waals surface area (Å²) in [5.41, 5.74) is 13.4. The van der Waals surface area contributed by atoms with Crippen LogP contribution in [-0.4, -0.2) is 23.2 Å². The fourth-order valence-corrected chi connectivity index (χ4v) is 11.4. The zero-order chi connectivity index (χ0) is 47.8. The molecule has 340 valence electrons. The number of aromatic nitrogens is 2. The Morgan fingerprint density at radius 1 is 0.394 bits per heavy atom. The summed E-state index contributed by atoms with van der Waals surface area (Å²) in [6.07, 6.45) is 9.55. The summed E-state index contributed by atoms with van der Waals surface area (Å²) in [6.45, 7) is 4.37. The first-order valence-electron chi connectivity index (χ1n) is 24.1. The van der Waals surface area contributed by atoms with E-state index in [0.717, 1.165) is 68.5 Å². The minimum absolute atomic E-state index is 0.360. The molecular weight excluding hydrogens is 869 g/mol. The van der Waals surface area contributed by atoms with Crippen molar-refractivity contribution in [1.82, 2.24) is 9.97 Å². The van der Waals surface area contributed by atoms with Gasteiger partial charge in [0, 0.05) is 24.8 Å². The van der Waals surface area contributed by atoms with Crippen molar-refractivity contribution in [3.63, 3.8) is 0 Å². The molecule has 5 nitrogen and oxygen atoms in total. The number of pyridine rings is 2. The summed E-state index contributed by atoms with van der Waals surface area (Å²) in [6, 6.07) is 65.7. The lowest BCUT2D eigenvalue weighted by Gasteiger charge is -2.42. The van der Waals surface area contributed by atoms with Crippen molar-refractivity contribution in [3.05, 3.63) is 274 Å². The molecule has 2 aromatic heterocycles. The van der Waals surface area contributed by atoms with Gasteiger partial charge < -0.3 is 14.2 Å². The second-order valence-corrected chi connectivity index (χ2v) is 18.3. The molecule has 2 heterocycles. The van der Waals surface area contributed by atoms with Gasteiger partial charge >= 0.3 is 0 Å². The van der Waals surface area contributed by atoms with Gasteiger partial charge in [0.1, 0.15) is 36.2 Å². The van der Waals surface area contributed by atoms with E-state index in [1.807, 2.05) is 50.8 Å². The molecule has 2 unspecified atom stereocenters. The highest BCUT2D eigenvalue weighted by atomic mass is 16.5. The van der Waals surface area contributed by atoms with Crippen molar-refractivity contribution < 1.29 is 14.2 Å². The molecule has 71 heavy (non-hydrogen) atoms. The number of nitrogens with zero attached hydrogens (tertiary/aromatic N) is 2. The number of fused-ring (bicyclic) bond motifs is 6. The summed E-state index contributed by atoms with van der Waals surface area (Å²) < 4.78 is 18.7. The highest BCUT2D eigenvalue weighted by Crippen LogP contribution is 2.53. The average Bonchev–Trinajstić information content (AvgIpc) is 3.42. The van der Waals surface area contributed by atoms with Gasteiger partial charge in [-0.05, 0) is 188 Å². The normalized spacial score (nSPS) is 16.2. The van der Waals surface area contributed by atoms with Crippen molar-refractivity contribution in [1.29, 1.82) is 0 Å². The van der Waals surface area contributed by atoms with Gasteiger partial charge in [-0.3, -0.25) is 9.97 Å². The lowest BCUT2D eigenvalue weighted by atomic mass is 9.60. The molecule has 0 N–H and O–H groups in total. The van der Waals surface area contributed by atoms with Crippen molar-refractivity contribution in [2.24, 2.45) is 0 Å². The van der Waals surface area contributed by atoms with Crippen molar-refractivity contribution >= 4 is 21.5 Å². The van der Waals surface area contributed by atoms with E-state index in [0.29, 0.717) is 13.2 Å². The van der Waals surface area contributed by atoms with Gasteiger partial charge in [-0.1, -0.05) is 121 Å². The molecule has 0 amide bonds. The lowest BCUT2D eigenvalue weighted by Crippen LogP contribution is -2.36. The molecule has 2 atom stereocenters. The fourth-order valence-electron chi connectivity index (χ4n) is 11.4. The molecule has 12 rings (SSSR count). The molecule has 0 bridgehead atoms. The number of hydrogen-bond acceptors (Lipinski definition) is 5. The zero-order valence-electron chi connectivity index (χ0n) is 39.6. The van der Waals surface area contributed by atoms with Crippen LogP contribution in [0.2, 0.25) is 0 Å². The van der Waals surface area contributed by atoms with Crippen LogP contribution in [0.15, 0.2) is 207 Å². The predicted molar refractivity (Wildman–Crippen MR) is 284 cm³/mol. The van der Waals surface area contributed by atoms with E-state index in [4.69, 9.17) is 14.2 Å². The van der Waals surface area contributed by atoms with E-state index >= 15 is 0 Å². The minimum Gasteiger partial charge on any atom is -0.481 e. The zero-order valence-corrected chi connectivity index (χ0v) is 39.6. The number of rotatable bonds is 10. The molecule has 5 heteroatoms. The molecule has 0 saturated carbocycles. The Hall–Kier alpha value is -8.90. The first-order chi connectivity index (χ1) is 35.1. The number of benzene rings is 8. The van der Waals surface area contributed by atoms with Crippen LogP contribution in [-0.2, 0) is 23.7 Å².